The Bertz CT molecular complexity index is 555. The SMILES string of the molecule is Cc1cncc(OC2CCN(c3ccncn3)CC2)n1. The van der Waals surface area contributed by atoms with Gasteiger partial charge in [0.15, 0.2) is 0 Å². The van der Waals surface area contributed by atoms with E-state index in [1.807, 2.05) is 13.0 Å². The van der Waals surface area contributed by atoms with Gasteiger partial charge in [0, 0.05) is 38.3 Å². The molecule has 1 saturated heterocycles. The average Bonchev–Trinajstić information content (AvgIpc) is 2.49. The van der Waals surface area contributed by atoms with Crippen molar-refractivity contribution in [2.75, 3.05) is 18.0 Å². The van der Waals surface area contributed by atoms with Crippen molar-refractivity contribution in [3.05, 3.63) is 36.7 Å². The molecule has 20 heavy (non-hydrogen) atoms. The predicted octanol–water partition coefficient (Wildman–Crippen LogP) is 1.62. The lowest BCUT2D eigenvalue weighted by Crippen LogP contribution is -2.38. The number of rotatable bonds is 3. The van der Waals surface area contributed by atoms with E-state index in [1.54, 1.807) is 24.9 Å². The highest BCUT2D eigenvalue weighted by atomic mass is 16.5. The smallest absolute Gasteiger partial charge is 0.232 e. The van der Waals surface area contributed by atoms with Crippen LogP contribution in [0.5, 0.6) is 5.88 Å². The molecule has 0 unspecified atom stereocenters. The number of aromatic nitrogens is 4. The number of nitrogens with zero attached hydrogens (tertiary/aromatic N) is 5. The van der Waals surface area contributed by atoms with Gasteiger partial charge in [0.25, 0.3) is 0 Å². The number of piperidine rings is 1. The summed E-state index contributed by atoms with van der Waals surface area (Å²) in [5, 5.41) is 0. The third kappa shape index (κ3) is 3.01. The monoisotopic (exact) mass is 271 g/mol. The first-order valence-electron chi connectivity index (χ1n) is 6.77. The Morgan fingerprint density at radius 1 is 1.20 bits per heavy atom. The van der Waals surface area contributed by atoms with E-state index in [0.29, 0.717) is 5.88 Å². The standard InChI is InChI=1S/C14H17N5O/c1-11-8-16-9-14(18-11)20-12-3-6-19(7-4-12)13-2-5-15-10-17-13/h2,5,8-10,12H,3-4,6-7H2,1H3. The molecule has 1 fully saturated rings. The summed E-state index contributed by atoms with van der Waals surface area (Å²) in [7, 11) is 0. The van der Waals surface area contributed by atoms with Crippen LogP contribution in [0.25, 0.3) is 0 Å². The fourth-order valence-corrected chi connectivity index (χ4v) is 2.34. The molecule has 0 atom stereocenters. The molecule has 1 aliphatic rings. The van der Waals surface area contributed by atoms with Gasteiger partial charge in [0.05, 0.1) is 11.9 Å². The van der Waals surface area contributed by atoms with Crippen LogP contribution in [-0.4, -0.2) is 39.1 Å². The molecule has 0 amide bonds. The highest BCUT2D eigenvalue weighted by Crippen LogP contribution is 2.20. The Morgan fingerprint density at radius 2 is 2.05 bits per heavy atom. The minimum Gasteiger partial charge on any atom is -0.473 e. The highest BCUT2D eigenvalue weighted by Gasteiger charge is 2.21. The summed E-state index contributed by atoms with van der Waals surface area (Å²) in [4.78, 5) is 18.9. The van der Waals surface area contributed by atoms with Crippen LogP contribution in [0.1, 0.15) is 18.5 Å². The van der Waals surface area contributed by atoms with Crippen LogP contribution >= 0.6 is 0 Å². The fourth-order valence-electron chi connectivity index (χ4n) is 2.34. The fraction of sp³-hybridized carbons (Fsp3) is 0.429. The molecular formula is C14H17N5O. The van der Waals surface area contributed by atoms with Crippen molar-refractivity contribution < 1.29 is 4.74 Å². The maximum absolute atomic E-state index is 5.89. The van der Waals surface area contributed by atoms with Crippen molar-refractivity contribution in [2.45, 2.75) is 25.9 Å². The van der Waals surface area contributed by atoms with Crippen LogP contribution in [0.15, 0.2) is 31.0 Å². The maximum atomic E-state index is 5.89. The summed E-state index contributed by atoms with van der Waals surface area (Å²) in [6.45, 7) is 3.78. The van der Waals surface area contributed by atoms with Gasteiger partial charge in [-0.3, -0.25) is 4.98 Å². The highest BCUT2D eigenvalue weighted by molar-refractivity contribution is 5.36. The predicted molar refractivity (Wildman–Crippen MR) is 74.7 cm³/mol. The van der Waals surface area contributed by atoms with Crippen LogP contribution in [-0.2, 0) is 0 Å². The zero-order valence-corrected chi connectivity index (χ0v) is 11.4. The molecule has 0 aliphatic carbocycles. The second-order valence-corrected chi connectivity index (χ2v) is 4.87. The molecule has 3 heterocycles. The summed E-state index contributed by atoms with van der Waals surface area (Å²) in [6.07, 6.45) is 8.87. The molecule has 0 N–H and O–H groups in total. The van der Waals surface area contributed by atoms with E-state index < -0.39 is 0 Å². The third-order valence-corrected chi connectivity index (χ3v) is 3.35. The summed E-state index contributed by atoms with van der Waals surface area (Å²) in [5.41, 5.74) is 0.876. The Hall–Kier alpha value is -2.24. The van der Waals surface area contributed by atoms with Crippen LogP contribution in [0.2, 0.25) is 0 Å². The minimum absolute atomic E-state index is 0.198. The van der Waals surface area contributed by atoms with Gasteiger partial charge in [-0.05, 0) is 13.0 Å². The van der Waals surface area contributed by atoms with Crippen molar-refractivity contribution in [1.82, 2.24) is 19.9 Å². The van der Waals surface area contributed by atoms with Crippen molar-refractivity contribution in [3.63, 3.8) is 0 Å². The Balaban J connectivity index is 1.56. The Morgan fingerprint density at radius 3 is 2.75 bits per heavy atom. The molecule has 3 rings (SSSR count). The van der Waals surface area contributed by atoms with Gasteiger partial charge >= 0.3 is 0 Å². The van der Waals surface area contributed by atoms with E-state index >= 15 is 0 Å². The Kier molecular flexibility index (Phi) is 3.71. The van der Waals surface area contributed by atoms with E-state index in [-0.39, 0.29) is 6.10 Å². The molecule has 104 valence electrons. The third-order valence-electron chi connectivity index (χ3n) is 3.35. The van der Waals surface area contributed by atoms with E-state index in [1.165, 1.54) is 0 Å². The summed E-state index contributed by atoms with van der Waals surface area (Å²) >= 11 is 0. The first-order chi connectivity index (χ1) is 9.81. The van der Waals surface area contributed by atoms with E-state index in [0.717, 1.165) is 37.4 Å². The van der Waals surface area contributed by atoms with Crippen LogP contribution < -0.4 is 9.64 Å². The molecule has 0 saturated carbocycles. The summed E-state index contributed by atoms with van der Waals surface area (Å²) < 4.78 is 5.89. The van der Waals surface area contributed by atoms with Gasteiger partial charge in [0.2, 0.25) is 5.88 Å². The molecule has 0 spiro atoms. The second-order valence-electron chi connectivity index (χ2n) is 4.87. The lowest BCUT2D eigenvalue weighted by atomic mass is 10.1. The molecule has 6 heteroatoms. The van der Waals surface area contributed by atoms with Gasteiger partial charge < -0.3 is 9.64 Å². The van der Waals surface area contributed by atoms with E-state index in [4.69, 9.17) is 4.74 Å². The molecule has 0 bridgehead atoms. The largest absolute Gasteiger partial charge is 0.473 e. The number of aryl methyl sites for hydroxylation is 1. The van der Waals surface area contributed by atoms with Crippen molar-refractivity contribution in [3.8, 4) is 5.88 Å². The van der Waals surface area contributed by atoms with Gasteiger partial charge in [0.1, 0.15) is 18.2 Å². The molecule has 0 aromatic carbocycles. The minimum atomic E-state index is 0.198. The molecule has 2 aromatic rings. The van der Waals surface area contributed by atoms with Crippen LogP contribution in [0.4, 0.5) is 5.82 Å². The lowest BCUT2D eigenvalue weighted by Gasteiger charge is -2.32. The van der Waals surface area contributed by atoms with Gasteiger partial charge in [-0.2, -0.15) is 0 Å². The first-order valence-corrected chi connectivity index (χ1v) is 6.77. The topological polar surface area (TPSA) is 64.0 Å². The van der Waals surface area contributed by atoms with Crippen molar-refractivity contribution in [2.24, 2.45) is 0 Å². The summed E-state index contributed by atoms with van der Waals surface area (Å²) in [6, 6.07) is 1.94. The zero-order chi connectivity index (χ0) is 13.8. The molecule has 2 aromatic heterocycles. The zero-order valence-electron chi connectivity index (χ0n) is 11.4. The molecule has 1 aliphatic heterocycles. The number of hydrogen-bond donors (Lipinski definition) is 0. The van der Waals surface area contributed by atoms with Gasteiger partial charge in [-0.1, -0.05) is 0 Å². The van der Waals surface area contributed by atoms with Crippen LogP contribution in [0, 0.1) is 6.92 Å². The normalized spacial score (nSPS) is 16.1. The number of ether oxygens (including phenoxy) is 1. The summed E-state index contributed by atoms with van der Waals surface area (Å²) in [5.74, 6) is 1.60. The molecular weight excluding hydrogens is 254 g/mol. The van der Waals surface area contributed by atoms with Gasteiger partial charge in [-0.15, -0.1) is 0 Å². The van der Waals surface area contributed by atoms with Crippen LogP contribution in [0.3, 0.4) is 0 Å². The Labute approximate surface area is 117 Å². The average molecular weight is 271 g/mol. The van der Waals surface area contributed by atoms with E-state index in [2.05, 4.69) is 24.8 Å². The molecule has 0 radical (unpaired) electrons. The maximum Gasteiger partial charge on any atom is 0.232 e. The second kappa shape index (κ2) is 5.81. The molecule has 6 nitrogen and oxygen atoms in total. The number of anilines is 1. The quantitative estimate of drug-likeness (QED) is 0.845. The lowest BCUT2D eigenvalue weighted by molar-refractivity contribution is 0.163. The van der Waals surface area contributed by atoms with Crippen molar-refractivity contribution >= 4 is 5.82 Å². The van der Waals surface area contributed by atoms with E-state index in [9.17, 15) is 0 Å². The number of hydrogen-bond acceptors (Lipinski definition) is 6. The van der Waals surface area contributed by atoms with Gasteiger partial charge in [-0.25, -0.2) is 15.0 Å². The van der Waals surface area contributed by atoms with Crippen molar-refractivity contribution in [1.29, 1.82) is 0 Å². The first kappa shape index (κ1) is 12.8.